The number of nitriles is 2. The molecule has 6 nitrogen and oxygen atoms in total. The van der Waals surface area contributed by atoms with Crippen LogP contribution in [0.1, 0.15) is 45.4 Å². The van der Waals surface area contributed by atoms with Crippen molar-refractivity contribution in [3.8, 4) is 12.1 Å². The lowest BCUT2D eigenvalue weighted by atomic mass is 9.85. The summed E-state index contributed by atoms with van der Waals surface area (Å²) in [5.74, 6) is -2.33. The van der Waals surface area contributed by atoms with Crippen LogP contribution in [0.25, 0.3) is 0 Å². The summed E-state index contributed by atoms with van der Waals surface area (Å²) in [4.78, 5) is 24.8. The summed E-state index contributed by atoms with van der Waals surface area (Å²) >= 11 is 1.27. The van der Waals surface area contributed by atoms with Crippen LogP contribution in [0.5, 0.6) is 0 Å². The van der Waals surface area contributed by atoms with Gasteiger partial charge in [0.15, 0.2) is 11.5 Å². The largest absolute Gasteiger partial charge is 0.468 e. The first-order chi connectivity index (χ1) is 12.5. The molecule has 1 atom stereocenters. The van der Waals surface area contributed by atoms with Crippen molar-refractivity contribution in [2.45, 2.75) is 45.4 Å². The highest BCUT2D eigenvalue weighted by Crippen LogP contribution is 2.38. The highest BCUT2D eigenvalue weighted by molar-refractivity contribution is 8.02. The molecule has 0 aromatic carbocycles. The summed E-state index contributed by atoms with van der Waals surface area (Å²) < 4.78 is 9.79. The van der Waals surface area contributed by atoms with Crippen LogP contribution >= 0.6 is 11.8 Å². The van der Waals surface area contributed by atoms with Gasteiger partial charge in [0.05, 0.1) is 19.8 Å². The third-order valence-electron chi connectivity index (χ3n) is 4.22. The number of methoxy groups -OCH3 is 1. The van der Waals surface area contributed by atoms with Crippen LogP contribution < -0.4 is 0 Å². The lowest BCUT2D eigenvalue weighted by Crippen LogP contribution is -2.20. The Bertz CT molecular complexity index is 683. The fourth-order valence-electron chi connectivity index (χ4n) is 3.02. The molecule has 0 saturated carbocycles. The lowest BCUT2D eigenvalue weighted by Gasteiger charge is -2.22. The van der Waals surface area contributed by atoms with Crippen LogP contribution in [0, 0.1) is 28.6 Å². The van der Waals surface area contributed by atoms with E-state index in [2.05, 4.69) is 0 Å². The van der Waals surface area contributed by atoms with Gasteiger partial charge >= 0.3 is 11.9 Å². The number of hydrogen-bond donors (Lipinski definition) is 0. The molecule has 1 aliphatic carbocycles. The van der Waals surface area contributed by atoms with Crippen LogP contribution in [0.4, 0.5) is 0 Å². The molecule has 0 saturated heterocycles. The zero-order chi connectivity index (χ0) is 19.5. The molecule has 26 heavy (non-hydrogen) atoms. The van der Waals surface area contributed by atoms with Crippen LogP contribution in [0.3, 0.4) is 0 Å². The minimum atomic E-state index is -1.03. The minimum absolute atomic E-state index is 0.0750. The van der Waals surface area contributed by atoms with Crippen LogP contribution in [0.2, 0.25) is 0 Å². The van der Waals surface area contributed by atoms with E-state index in [1.807, 2.05) is 12.1 Å². The van der Waals surface area contributed by atoms with Gasteiger partial charge < -0.3 is 9.47 Å². The van der Waals surface area contributed by atoms with Gasteiger partial charge in [-0.15, -0.1) is 11.8 Å². The molecule has 0 unspecified atom stereocenters. The summed E-state index contributed by atoms with van der Waals surface area (Å²) in [6.07, 6.45) is 6.68. The first-order valence-corrected chi connectivity index (χ1v) is 9.83. The Labute approximate surface area is 158 Å². The van der Waals surface area contributed by atoms with Gasteiger partial charge in [-0.2, -0.15) is 10.5 Å². The number of nitrogens with zero attached hydrogens (tertiary/aromatic N) is 2. The highest BCUT2D eigenvalue weighted by Gasteiger charge is 2.30. The zero-order valence-electron chi connectivity index (χ0n) is 15.5. The highest BCUT2D eigenvalue weighted by atomic mass is 32.2. The Morgan fingerprint density at radius 1 is 1.19 bits per heavy atom. The lowest BCUT2D eigenvalue weighted by molar-refractivity contribution is -0.142. The Hall–Kier alpha value is -2.25. The minimum Gasteiger partial charge on any atom is -0.468 e. The topological polar surface area (TPSA) is 100 Å². The van der Waals surface area contributed by atoms with Gasteiger partial charge in [-0.25, -0.2) is 4.79 Å². The van der Waals surface area contributed by atoms with Crippen molar-refractivity contribution < 1.29 is 19.1 Å². The van der Waals surface area contributed by atoms with Gasteiger partial charge in [0.25, 0.3) is 0 Å². The predicted molar refractivity (Wildman–Crippen MR) is 98.6 cm³/mol. The first-order valence-electron chi connectivity index (χ1n) is 8.60. The standard InChI is InChI=1S/C19H24N2O4S/c1-4-25-19(23)16(12-21)17(26-3)14-10-8-6-5-7-9-13(14)15(11-20)18(22)24-2/h15H,4-10H2,1-3H3/b14-13?,17-16-/t15-/m0/s1. The van der Waals surface area contributed by atoms with E-state index in [1.54, 1.807) is 13.2 Å². The van der Waals surface area contributed by atoms with E-state index in [1.165, 1.54) is 18.9 Å². The maximum atomic E-state index is 12.2. The monoisotopic (exact) mass is 376 g/mol. The Morgan fingerprint density at radius 2 is 1.85 bits per heavy atom. The van der Waals surface area contributed by atoms with E-state index in [-0.39, 0.29) is 12.2 Å². The van der Waals surface area contributed by atoms with Gasteiger partial charge in [-0.05, 0) is 50.0 Å². The van der Waals surface area contributed by atoms with Crippen molar-refractivity contribution in [1.82, 2.24) is 0 Å². The molecule has 0 radical (unpaired) electrons. The SMILES string of the molecule is CCOC(=O)/C(C#N)=C(\SC)C1=C([C@H](C#N)C(=O)OC)CCCCCC1. The molecule has 0 amide bonds. The van der Waals surface area contributed by atoms with E-state index in [0.29, 0.717) is 23.3 Å². The summed E-state index contributed by atoms with van der Waals surface area (Å²) in [6, 6.07) is 3.97. The van der Waals surface area contributed by atoms with Gasteiger partial charge in [-0.3, -0.25) is 4.79 Å². The van der Waals surface area contributed by atoms with Crippen LogP contribution in [-0.4, -0.2) is 31.9 Å². The molecule has 7 heteroatoms. The number of carbonyl (C=O) groups is 2. The van der Waals surface area contributed by atoms with Crippen molar-refractivity contribution in [3.05, 3.63) is 21.6 Å². The predicted octanol–water partition coefficient (Wildman–Crippen LogP) is 3.65. The van der Waals surface area contributed by atoms with Crippen molar-refractivity contribution in [2.24, 2.45) is 5.92 Å². The summed E-state index contributed by atoms with van der Waals surface area (Å²) in [5, 5.41) is 19.1. The average Bonchev–Trinajstić information content (AvgIpc) is 2.62. The normalized spacial score (nSPS) is 17.0. The summed E-state index contributed by atoms with van der Waals surface area (Å²) in [6.45, 7) is 1.84. The summed E-state index contributed by atoms with van der Waals surface area (Å²) in [7, 11) is 1.25. The zero-order valence-corrected chi connectivity index (χ0v) is 16.3. The molecule has 140 valence electrons. The molecule has 0 bridgehead atoms. The van der Waals surface area contributed by atoms with Crippen LogP contribution in [0.15, 0.2) is 21.6 Å². The Morgan fingerprint density at radius 3 is 2.35 bits per heavy atom. The van der Waals surface area contributed by atoms with Crippen molar-refractivity contribution in [2.75, 3.05) is 20.0 Å². The fraction of sp³-hybridized carbons (Fsp3) is 0.579. The number of esters is 2. The van der Waals surface area contributed by atoms with E-state index in [4.69, 9.17) is 9.47 Å². The molecule has 0 aromatic heterocycles. The maximum absolute atomic E-state index is 12.2. The van der Waals surface area contributed by atoms with Crippen molar-refractivity contribution in [3.63, 3.8) is 0 Å². The molecule has 0 aliphatic heterocycles. The quantitative estimate of drug-likeness (QED) is 0.396. The molecular formula is C19H24N2O4S. The Balaban J connectivity index is 3.63. The van der Waals surface area contributed by atoms with Crippen LogP contribution in [-0.2, 0) is 19.1 Å². The molecule has 0 heterocycles. The number of rotatable bonds is 6. The van der Waals surface area contributed by atoms with E-state index in [0.717, 1.165) is 31.3 Å². The van der Waals surface area contributed by atoms with E-state index in [9.17, 15) is 20.1 Å². The molecule has 1 aliphatic rings. The van der Waals surface area contributed by atoms with Gasteiger partial charge in [0.1, 0.15) is 6.07 Å². The summed E-state index contributed by atoms with van der Waals surface area (Å²) in [5.41, 5.74) is 1.31. The van der Waals surface area contributed by atoms with Crippen molar-refractivity contribution in [1.29, 1.82) is 10.5 Å². The van der Waals surface area contributed by atoms with Gasteiger partial charge in [0, 0.05) is 4.91 Å². The number of hydrogen-bond acceptors (Lipinski definition) is 7. The van der Waals surface area contributed by atoms with Gasteiger partial charge in [0.2, 0.25) is 0 Å². The first kappa shape index (κ1) is 21.8. The molecule has 0 N–H and O–H groups in total. The molecule has 0 spiro atoms. The second kappa shape index (κ2) is 11.4. The molecular weight excluding hydrogens is 352 g/mol. The maximum Gasteiger partial charge on any atom is 0.350 e. The molecule has 1 rings (SSSR count). The molecule has 0 aromatic rings. The number of allylic oxidation sites excluding steroid dienone is 1. The number of carbonyl (C=O) groups excluding carboxylic acids is 2. The van der Waals surface area contributed by atoms with Gasteiger partial charge in [-0.1, -0.05) is 12.8 Å². The number of ether oxygens (including phenoxy) is 2. The number of thioether (sulfide) groups is 1. The average molecular weight is 376 g/mol. The smallest absolute Gasteiger partial charge is 0.350 e. The second-order valence-corrected chi connectivity index (χ2v) is 6.56. The third-order valence-corrected chi connectivity index (χ3v) is 5.08. The fourth-order valence-corrected chi connectivity index (χ4v) is 3.83. The van der Waals surface area contributed by atoms with E-state index >= 15 is 0 Å². The third kappa shape index (κ3) is 5.37. The second-order valence-electron chi connectivity index (χ2n) is 5.74. The van der Waals surface area contributed by atoms with Crippen molar-refractivity contribution >= 4 is 23.7 Å². The Kier molecular flexibility index (Phi) is 9.54. The molecule has 0 fully saturated rings. The van der Waals surface area contributed by atoms with E-state index < -0.39 is 17.9 Å².